The summed E-state index contributed by atoms with van der Waals surface area (Å²) in [7, 11) is 0. The summed E-state index contributed by atoms with van der Waals surface area (Å²) in [6, 6.07) is 7.73. The third kappa shape index (κ3) is 4.81. The van der Waals surface area contributed by atoms with Gasteiger partial charge < -0.3 is 10.6 Å². The van der Waals surface area contributed by atoms with Crippen molar-refractivity contribution in [3.05, 3.63) is 63.6 Å². The van der Waals surface area contributed by atoms with Crippen LogP contribution in [0, 0.1) is 11.6 Å². The lowest BCUT2D eigenvalue weighted by Crippen LogP contribution is -2.32. The van der Waals surface area contributed by atoms with Gasteiger partial charge in [-0.1, -0.05) is 29.3 Å². The predicted molar refractivity (Wildman–Crippen MR) is 87.9 cm³/mol. The number of rotatable bonds is 5. The number of nitrogens with one attached hydrogen (secondary N) is 2. The van der Waals surface area contributed by atoms with E-state index >= 15 is 0 Å². The van der Waals surface area contributed by atoms with Crippen LogP contribution in [0.15, 0.2) is 36.4 Å². The van der Waals surface area contributed by atoms with Gasteiger partial charge in [0.1, 0.15) is 11.6 Å². The van der Waals surface area contributed by atoms with Crippen LogP contribution < -0.4 is 10.6 Å². The quantitative estimate of drug-likeness (QED) is 0.822. The molecule has 0 saturated heterocycles. The van der Waals surface area contributed by atoms with Crippen molar-refractivity contribution >= 4 is 34.8 Å². The zero-order valence-electron chi connectivity index (χ0n) is 12.2. The van der Waals surface area contributed by atoms with Crippen LogP contribution in [-0.4, -0.2) is 12.5 Å². The van der Waals surface area contributed by atoms with E-state index in [9.17, 15) is 13.6 Å². The zero-order chi connectivity index (χ0) is 17.0. The number of carbonyl (C=O) groups excluding carboxylic acids is 1. The highest BCUT2D eigenvalue weighted by Gasteiger charge is 2.12. The monoisotopic (exact) mass is 358 g/mol. The second-order valence-corrected chi connectivity index (χ2v) is 5.75. The van der Waals surface area contributed by atoms with Crippen LogP contribution in [-0.2, 0) is 4.79 Å². The summed E-state index contributed by atoms with van der Waals surface area (Å²) >= 11 is 11.8. The van der Waals surface area contributed by atoms with Gasteiger partial charge in [0, 0.05) is 0 Å². The summed E-state index contributed by atoms with van der Waals surface area (Å²) in [5.41, 5.74) is 0.715. The van der Waals surface area contributed by atoms with E-state index in [0.29, 0.717) is 10.0 Å². The smallest absolute Gasteiger partial charge is 0.239 e. The van der Waals surface area contributed by atoms with Gasteiger partial charge in [-0.25, -0.2) is 8.78 Å². The van der Waals surface area contributed by atoms with E-state index in [1.807, 2.05) is 0 Å². The standard InChI is InChI=1S/C16H14Cl2F2N2O/c1-9(10-2-4-12(17)13(18)6-10)22-16(23)8-21-15-7-11(19)3-5-14(15)20/h2-7,9,21H,8H2,1H3,(H,22,23)/t9-/m1/s1. The molecular weight excluding hydrogens is 345 g/mol. The number of halogens is 4. The summed E-state index contributed by atoms with van der Waals surface area (Å²) in [4.78, 5) is 11.9. The first-order valence-corrected chi connectivity index (χ1v) is 7.55. The van der Waals surface area contributed by atoms with Gasteiger partial charge in [-0.15, -0.1) is 0 Å². The summed E-state index contributed by atoms with van der Waals surface area (Å²) in [6.07, 6.45) is 0. The van der Waals surface area contributed by atoms with E-state index in [2.05, 4.69) is 10.6 Å². The zero-order valence-corrected chi connectivity index (χ0v) is 13.7. The second-order valence-electron chi connectivity index (χ2n) is 4.94. The van der Waals surface area contributed by atoms with Crippen LogP contribution in [0.3, 0.4) is 0 Å². The van der Waals surface area contributed by atoms with Crippen molar-refractivity contribution in [1.82, 2.24) is 5.32 Å². The van der Waals surface area contributed by atoms with Crippen molar-refractivity contribution in [2.24, 2.45) is 0 Å². The van der Waals surface area contributed by atoms with E-state index in [1.165, 1.54) is 0 Å². The molecule has 2 aromatic rings. The van der Waals surface area contributed by atoms with Crippen LogP contribution in [0.5, 0.6) is 0 Å². The predicted octanol–water partition coefficient (Wildman–Crippen LogP) is 4.56. The Bertz CT molecular complexity index is 725. The van der Waals surface area contributed by atoms with Gasteiger partial charge >= 0.3 is 0 Å². The fourth-order valence-corrected chi connectivity index (χ4v) is 2.27. The molecule has 3 nitrogen and oxygen atoms in total. The molecule has 0 heterocycles. The first-order chi connectivity index (χ1) is 10.9. The van der Waals surface area contributed by atoms with Gasteiger partial charge in [-0.3, -0.25) is 4.79 Å². The molecule has 2 aromatic carbocycles. The van der Waals surface area contributed by atoms with Crippen LogP contribution in [0.2, 0.25) is 10.0 Å². The Hall–Kier alpha value is -1.85. The number of benzene rings is 2. The van der Waals surface area contributed by atoms with Gasteiger partial charge in [0.15, 0.2) is 0 Å². The highest BCUT2D eigenvalue weighted by molar-refractivity contribution is 6.42. The van der Waals surface area contributed by atoms with Crippen LogP contribution in [0.1, 0.15) is 18.5 Å². The van der Waals surface area contributed by atoms with E-state index < -0.39 is 11.6 Å². The Balaban J connectivity index is 1.93. The maximum atomic E-state index is 13.4. The maximum absolute atomic E-state index is 13.4. The van der Waals surface area contributed by atoms with Crippen molar-refractivity contribution in [2.75, 3.05) is 11.9 Å². The van der Waals surface area contributed by atoms with Gasteiger partial charge in [-0.2, -0.15) is 0 Å². The number of amides is 1. The van der Waals surface area contributed by atoms with Gasteiger partial charge in [0.2, 0.25) is 5.91 Å². The number of hydrogen-bond acceptors (Lipinski definition) is 2. The molecule has 1 atom stereocenters. The van der Waals surface area contributed by atoms with Crippen LogP contribution in [0.25, 0.3) is 0 Å². The maximum Gasteiger partial charge on any atom is 0.239 e. The van der Waals surface area contributed by atoms with Gasteiger partial charge in [0.25, 0.3) is 0 Å². The SMILES string of the molecule is C[C@@H](NC(=O)CNc1cc(F)ccc1F)c1ccc(Cl)c(Cl)c1. The van der Waals surface area contributed by atoms with E-state index in [4.69, 9.17) is 23.2 Å². The Kier molecular flexibility index (Phi) is 5.80. The minimum absolute atomic E-state index is 0.0673. The van der Waals surface area contributed by atoms with E-state index in [-0.39, 0.29) is 24.2 Å². The largest absolute Gasteiger partial charge is 0.374 e. The first-order valence-electron chi connectivity index (χ1n) is 6.80. The number of carbonyl (C=O) groups is 1. The molecule has 0 saturated carbocycles. The van der Waals surface area contributed by atoms with E-state index in [1.54, 1.807) is 25.1 Å². The lowest BCUT2D eigenvalue weighted by Gasteiger charge is -2.16. The average molecular weight is 359 g/mol. The molecule has 0 aromatic heterocycles. The minimum atomic E-state index is -0.628. The molecule has 23 heavy (non-hydrogen) atoms. The Morgan fingerprint density at radius 1 is 1.13 bits per heavy atom. The molecule has 1 amide bonds. The van der Waals surface area contributed by atoms with Gasteiger partial charge in [-0.05, 0) is 42.8 Å². The van der Waals surface area contributed by atoms with Crippen molar-refractivity contribution in [2.45, 2.75) is 13.0 Å². The molecule has 0 bridgehead atoms. The average Bonchev–Trinajstić information content (AvgIpc) is 2.50. The third-order valence-corrected chi connectivity index (χ3v) is 3.93. The van der Waals surface area contributed by atoms with Crippen LogP contribution >= 0.6 is 23.2 Å². The Morgan fingerprint density at radius 3 is 2.57 bits per heavy atom. The molecule has 0 radical (unpaired) electrons. The Morgan fingerprint density at radius 2 is 1.87 bits per heavy atom. The van der Waals surface area contributed by atoms with E-state index in [0.717, 1.165) is 23.8 Å². The molecule has 0 aliphatic carbocycles. The summed E-state index contributed by atoms with van der Waals surface area (Å²) < 4.78 is 26.5. The van der Waals surface area contributed by atoms with Crippen LogP contribution in [0.4, 0.5) is 14.5 Å². The van der Waals surface area contributed by atoms with Crippen molar-refractivity contribution in [1.29, 1.82) is 0 Å². The van der Waals surface area contributed by atoms with Gasteiger partial charge in [0.05, 0.1) is 28.3 Å². The summed E-state index contributed by atoms with van der Waals surface area (Å²) in [6.45, 7) is 1.59. The molecule has 0 aliphatic rings. The Labute approximate surface area is 142 Å². The molecule has 0 spiro atoms. The summed E-state index contributed by atoms with van der Waals surface area (Å²) in [5, 5.41) is 6.11. The fourth-order valence-electron chi connectivity index (χ4n) is 1.97. The highest BCUT2D eigenvalue weighted by Crippen LogP contribution is 2.25. The number of hydrogen-bond donors (Lipinski definition) is 2. The molecule has 122 valence electrons. The molecule has 0 unspecified atom stereocenters. The molecule has 2 rings (SSSR count). The number of anilines is 1. The first kappa shape index (κ1) is 17.5. The second kappa shape index (κ2) is 7.62. The topological polar surface area (TPSA) is 41.1 Å². The van der Waals surface area contributed by atoms with Crippen molar-refractivity contribution < 1.29 is 13.6 Å². The third-order valence-electron chi connectivity index (χ3n) is 3.19. The lowest BCUT2D eigenvalue weighted by atomic mass is 10.1. The normalized spacial score (nSPS) is 11.9. The lowest BCUT2D eigenvalue weighted by molar-refractivity contribution is -0.120. The molecule has 0 aliphatic heterocycles. The summed E-state index contributed by atoms with van der Waals surface area (Å²) in [5.74, 6) is -1.58. The van der Waals surface area contributed by atoms with Crippen molar-refractivity contribution in [3.63, 3.8) is 0 Å². The molecule has 2 N–H and O–H groups in total. The minimum Gasteiger partial charge on any atom is -0.374 e. The van der Waals surface area contributed by atoms with Crippen molar-refractivity contribution in [3.8, 4) is 0 Å². The molecule has 7 heteroatoms. The fraction of sp³-hybridized carbons (Fsp3) is 0.188. The molecular formula is C16H14Cl2F2N2O. The highest BCUT2D eigenvalue weighted by atomic mass is 35.5. The molecule has 0 fully saturated rings.